The van der Waals surface area contributed by atoms with Crippen LogP contribution < -0.4 is 5.32 Å². The molecule has 2 aromatic heterocycles. The zero-order chi connectivity index (χ0) is 13.1. The maximum absolute atomic E-state index is 4.72. The second-order valence-electron chi connectivity index (χ2n) is 4.39. The van der Waals surface area contributed by atoms with E-state index in [9.17, 15) is 0 Å². The smallest absolute Gasteiger partial charge is 0.161 e. The highest BCUT2D eigenvalue weighted by Gasteiger charge is 2.07. The predicted octanol–water partition coefficient (Wildman–Crippen LogP) is 2.53. The normalized spacial score (nSPS) is 11.0. The zero-order valence-electron chi connectivity index (χ0n) is 10.9. The van der Waals surface area contributed by atoms with E-state index in [0.29, 0.717) is 0 Å². The van der Waals surface area contributed by atoms with E-state index in [-0.39, 0.29) is 0 Å². The molecular weight excluding hydrogens is 236 g/mol. The van der Waals surface area contributed by atoms with E-state index < -0.39 is 0 Å². The van der Waals surface area contributed by atoms with Crippen molar-refractivity contribution < 1.29 is 0 Å². The van der Waals surface area contributed by atoms with Crippen molar-refractivity contribution in [1.29, 1.82) is 0 Å². The highest BCUT2D eigenvalue weighted by molar-refractivity contribution is 5.88. The molecule has 0 saturated heterocycles. The fraction of sp³-hybridized carbons (Fsp3) is 0.200. The average molecular weight is 252 g/mol. The minimum absolute atomic E-state index is 0.773. The molecule has 0 spiro atoms. The Morgan fingerprint density at radius 2 is 2.11 bits per heavy atom. The summed E-state index contributed by atoms with van der Waals surface area (Å²) in [6, 6.07) is 12.3. The lowest BCUT2D eigenvalue weighted by atomic mass is 10.1. The summed E-state index contributed by atoms with van der Waals surface area (Å²) in [6.45, 7) is 3.80. The average Bonchev–Trinajstić information content (AvgIpc) is 2.98. The van der Waals surface area contributed by atoms with Gasteiger partial charge in [-0.25, -0.2) is 9.67 Å². The number of hydrogen-bond acceptors (Lipinski definition) is 3. The summed E-state index contributed by atoms with van der Waals surface area (Å²) >= 11 is 0. The Morgan fingerprint density at radius 1 is 1.21 bits per heavy atom. The molecule has 19 heavy (non-hydrogen) atoms. The van der Waals surface area contributed by atoms with Crippen molar-refractivity contribution in [3.8, 4) is 5.82 Å². The Hall–Kier alpha value is -2.20. The zero-order valence-corrected chi connectivity index (χ0v) is 10.9. The van der Waals surface area contributed by atoms with E-state index in [0.717, 1.165) is 30.0 Å². The summed E-state index contributed by atoms with van der Waals surface area (Å²) in [7, 11) is 0. The molecule has 0 amide bonds. The molecule has 4 nitrogen and oxygen atoms in total. The van der Waals surface area contributed by atoms with Crippen LogP contribution in [0.4, 0.5) is 0 Å². The first-order valence-electron chi connectivity index (χ1n) is 6.48. The molecule has 1 aromatic carbocycles. The van der Waals surface area contributed by atoms with Gasteiger partial charge in [-0.15, -0.1) is 0 Å². The second-order valence-corrected chi connectivity index (χ2v) is 4.39. The van der Waals surface area contributed by atoms with Crippen molar-refractivity contribution in [2.24, 2.45) is 0 Å². The third-order valence-corrected chi connectivity index (χ3v) is 3.05. The van der Waals surface area contributed by atoms with Gasteiger partial charge in [-0.3, -0.25) is 0 Å². The number of hydrogen-bond donors (Lipinski definition) is 1. The highest BCUT2D eigenvalue weighted by atomic mass is 15.3. The summed E-state index contributed by atoms with van der Waals surface area (Å²) < 4.78 is 1.82. The third kappa shape index (κ3) is 2.35. The Morgan fingerprint density at radius 3 is 2.89 bits per heavy atom. The lowest BCUT2D eigenvalue weighted by molar-refractivity contribution is 0.706. The maximum Gasteiger partial charge on any atom is 0.161 e. The van der Waals surface area contributed by atoms with E-state index in [1.807, 2.05) is 29.1 Å². The molecule has 2 heterocycles. The first-order valence-corrected chi connectivity index (χ1v) is 6.48. The van der Waals surface area contributed by atoms with Crippen LogP contribution in [0.3, 0.4) is 0 Å². The number of nitrogens with one attached hydrogen (secondary N) is 1. The van der Waals surface area contributed by atoms with Crippen LogP contribution in [-0.4, -0.2) is 21.3 Å². The molecule has 3 aromatic rings. The van der Waals surface area contributed by atoms with Crippen LogP contribution in [0.5, 0.6) is 0 Å². The summed E-state index contributed by atoms with van der Waals surface area (Å²) in [6.07, 6.45) is 3.69. The van der Waals surface area contributed by atoms with Gasteiger partial charge in [0, 0.05) is 24.3 Å². The Kier molecular flexibility index (Phi) is 3.25. The molecule has 0 aliphatic rings. The van der Waals surface area contributed by atoms with Crippen molar-refractivity contribution >= 4 is 10.8 Å². The van der Waals surface area contributed by atoms with Gasteiger partial charge in [0.15, 0.2) is 5.82 Å². The molecule has 4 heteroatoms. The summed E-state index contributed by atoms with van der Waals surface area (Å²) in [4.78, 5) is 4.72. The largest absolute Gasteiger partial charge is 0.311 e. The van der Waals surface area contributed by atoms with Crippen molar-refractivity contribution in [2.75, 3.05) is 6.54 Å². The fourth-order valence-electron chi connectivity index (χ4n) is 2.15. The Bertz CT molecular complexity index is 674. The summed E-state index contributed by atoms with van der Waals surface area (Å²) in [5.74, 6) is 0.885. The van der Waals surface area contributed by atoms with Gasteiger partial charge in [0.05, 0.1) is 5.69 Å². The molecule has 0 bridgehead atoms. The van der Waals surface area contributed by atoms with Gasteiger partial charge in [-0.2, -0.15) is 5.10 Å². The molecule has 0 atom stereocenters. The van der Waals surface area contributed by atoms with Crippen molar-refractivity contribution in [3.63, 3.8) is 0 Å². The van der Waals surface area contributed by atoms with Gasteiger partial charge in [0.2, 0.25) is 0 Å². The quantitative estimate of drug-likeness (QED) is 0.776. The maximum atomic E-state index is 4.72. The van der Waals surface area contributed by atoms with Crippen molar-refractivity contribution in [1.82, 2.24) is 20.1 Å². The van der Waals surface area contributed by atoms with E-state index in [4.69, 9.17) is 4.98 Å². The highest BCUT2D eigenvalue weighted by Crippen LogP contribution is 2.21. The second kappa shape index (κ2) is 5.20. The van der Waals surface area contributed by atoms with Gasteiger partial charge in [-0.05, 0) is 24.1 Å². The molecule has 0 aliphatic heterocycles. The van der Waals surface area contributed by atoms with Crippen LogP contribution in [0.25, 0.3) is 16.6 Å². The minimum Gasteiger partial charge on any atom is -0.311 e. The number of fused-ring (bicyclic) bond motifs is 1. The third-order valence-electron chi connectivity index (χ3n) is 3.05. The van der Waals surface area contributed by atoms with Crippen LogP contribution in [0.1, 0.15) is 12.6 Å². The predicted molar refractivity (Wildman–Crippen MR) is 76.2 cm³/mol. The minimum atomic E-state index is 0.773. The number of benzene rings is 1. The number of nitrogens with zero attached hydrogens (tertiary/aromatic N) is 3. The Labute approximate surface area is 112 Å². The molecule has 0 radical (unpaired) electrons. The van der Waals surface area contributed by atoms with Crippen LogP contribution in [-0.2, 0) is 6.54 Å². The van der Waals surface area contributed by atoms with Gasteiger partial charge < -0.3 is 5.32 Å². The molecular formula is C15H16N4. The molecule has 0 unspecified atom stereocenters. The van der Waals surface area contributed by atoms with Crippen molar-refractivity contribution in [3.05, 3.63) is 54.5 Å². The topological polar surface area (TPSA) is 42.7 Å². The lowest BCUT2D eigenvalue weighted by Gasteiger charge is -2.09. The Balaban J connectivity index is 2.17. The van der Waals surface area contributed by atoms with Gasteiger partial charge in [0.1, 0.15) is 0 Å². The fourth-order valence-corrected chi connectivity index (χ4v) is 2.15. The van der Waals surface area contributed by atoms with E-state index in [1.165, 1.54) is 5.39 Å². The van der Waals surface area contributed by atoms with Gasteiger partial charge in [-0.1, -0.05) is 31.2 Å². The van der Waals surface area contributed by atoms with E-state index >= 15 is 0 Å². The SMILES string of the molecule is CCNCc1cc2ccccc2c(-n2cccn2)n1. The standard InChI is InChI=1S/C15H16N4/c1-2-16-11-13-10-12-6-3-4-7-14(12)15(18-13)19-9-5-8-17-19/h3-10,16H,2,11H2,1H3. The molecule has 96 valence electrons. The molecule has 1 N–H and O–H groups in total. The van der Waals surface area contributed by atoms with E-state index in [1.54, 1.807) is 6.20 Å². The van der Waals surface area contributed by atoms with Gasteiger partial charge in [0.25, 0.3) is 0 Å². The van der Waals surface area contributed by atoms with E-state index in [2.05, 4.69) is 35.5 Å². The summed E-state index contributed by atoms with van der Waals surface area (Å²) in [5, 5.41) is 9.91. The molecule has 0 aliphatic carbocycles. The lowest BCUT2D eigenvalue weighted by Crippen LogP contribution is -2.14. The molecule has 0 fully saturated rings. The number of pyridine rings is 1. The van der Waals surface area contributed by atoms with Crippen molar-refractivity contribution in [2.45, 2.75) is 13.5 Å². The monoisotopic (exact) mass is 252 g/mol. The van der Waals surface area contributed by atoms with Crippen LogP contribution in [0.2, 0.25) is 0 Å². The van der Waals surface area contributed by atoms with Gasteiger partial charge >= 0.3 is 0 Å². The number of rotatable bonds is 4. The molecule has 0 saturated carbocycles. The first-order chi connectivity index (χ1) is 9.38. The number of aromatic nitrogens is 3. The van der Waals surface area contributed by atoms with Crippen LogP contribution in [0.15, 0.2) is 48.8 Å². The molecule has 3 rings (SSSR count). The van der Waals surface area contributed by atoms with Crippen LogP contribution >= 0.6 is 0 Å². The summed E-state index contributed by atoms with van der Waals surface area (Å²) in [5.41, 5.74) is 1.03. The van der Waals surface area contributed by atoms with Crippen LogP contribution in [0, 0.1) is 0 Å². The first kappa shape index (κ1) is 11.9.